The van der Waals surface area contributed by atoms with E-state index in [1.54, 1.807) is 44.2 Å². The molecule has 154 valence electrons. The van der Waals surface area contributed by atoms with Crippen molar-refractivity contribution >= 4 is 23.4 Å². The number of benzene rings is 2. The molecule has 0 aliphatic carbocycles. The summed E-state index contributed by atoms with van der Waals surface area (Å²) >= 11 is 0. The van der Waals surface area contributed by atoms with Crippen molar-refractivity contribution in [3.63, 3.8) is 0 Å². The standard InChI is InChI=1S/C22H27N3O4/c1-14(2)18-7-5-6-8-19(18)29-13-20(26)24-25-22(28)16-9-11-17(12-10-16)23-21(27)15(3)4/h5-12,14-15H,13H2,1-4H3,(H,23,27)(H,24,26)(H,25,28). The summed E-state index contributed by atoms with van der Waals surface area (Å²) in [6.45, 7) is 7.46. The van der Waals surface area contributed by atoms with E-state index in [-0.39, 0.29) is 24.3 Å². The third-order valence-corrected chi connectivity index (χ3v) is 4.15. The molecule has 0 radical (unpaired) electrons. The van der Waals surface area contributed by atoms with E-state index in [9.17, 15) is 14.4 Å². The molecule has 0 saturated carbocycles. The third kappa shape index (κ3) is 6.64. The van der Waals surface area contributed by atoms with Crippen molar-refractivity contribution in [2.45, 2.75) is 33.6 Å². The van der Waals surface area contributed by atoms with Gasteiger partial charge in [-0.2, -0.15) is 0 Å². The molecule has 2 aromatic rings. The van der Waals surface area contributed by atoms with Gasteiger partial charge in [-0.1, -0.05) is 45.9 Å². The molecule has 0 bridgehead atoms. The van der Waals surface area contributed by atoms with E-state index in [1.165, 1.54) is 0 Å². The van der Waals surface area contributed by atoms with Crippen LogP contribution < -0.4 is 20.9 Å². The van der Waals surface area contributed by atoms with Crippen LogP contribution in [-0.4, -0.2) is 24.3 Å². The molecule has 7 heteroatoms. The van der Waals surface area contributed by atoms with Crippen molar-refractivity contribution in [3.05, 3.63) is 59.7 Å². The Balaban J connectivity index is 1.83. The van der Waals surface area contributed by atoms with Crippen molar-refractivity contribution in [2.24, 2.45) is 5.92 Å². The maximum atomic E-state index is 12.2. The maximum Gasteiger partial charge on any atom is 0.276 e. The van der Waals surface area contributed by atoms with Crippen LogP contribution in [0.15, 0.2) is 48.5 Å². The average molecular weight is 397 g/mol. The minimum absolute atomic E-state index is 0.103. The van der Waals surface area contributed by atoms with Gasteiger partial charge in [0, 0.05) is 17.2 Å². The molecule has 0 spiro atoms. The van der Waals surface area contributed by atoms with Crippen LogP contribution in [0.4, 0.5) is 5.69 Å². The number of carbonyl (C=O) groups excluding carboxylic acids is 3. The van der Waals surface area contributed by atoms with E-state index in [1.807, 2.05) is 32.0 Å². The molecule has 0 aromatic heterocycles. The lowest BCUT2D eigenvalue weighted by molar-refractivity contribution is -0.124. The first-order valence-corrected chi connectivity index (χ1v) is 9.49. The van der Waals surface area contributed by atoms with E-state index in [2.05, 4.69) is 16.2 Å². The summed E-state index contributed by atoms with van der Waals surface area (Å²) in [5.74, 6) is -0.276. The molecule has 0 fully saturated rings. The van der Waals surface area contributed by atoms with Gasteiger partial charge in [0.25, 0.3) is 11.8 Å². The maximum absolute atomic E-state index is 12.2. The Labute approximate surface area is 170 Å². The minimum atomic E-state index is -0.474. The van der Waals surface area contributed by atoms with Gasteiger partial charge in [0.1, 0.15) is 5.75 Å². The van der Waals surface area contributed by atoms with Crippen LogP contribution in [-0.2, 0) is 9.59 Å². The first-order valence-electron chi connectivity index (χ1n) is 9.49. The van der Waals surface area contributed by atoms with Crippen molar-refractivity contribution in [2.75, 3.05) is 11.9 Å². The Bertz CT molecular complexity index is 861. The number of amides is 3. The van der Waals surface area contributed by atoms with E-state index < -0.39 is 11.8 Å². The second-order valence-corrected chi connectivity index (χ2v) is 7.20. The van der Waals surface area contributed by atoms with E-state index in [0.717, 1.165) is 5.56 Å². The predicted octanol–water partition coefficient (Wildman–Crippen LogP) is 3.24. The largest absolute Gasteiger partial charge is 0.483 e. The third-order valence-electron chi connectivity index (χ3n) is 4.15. The molecule has 3 N–H and O–H groups in total. The van der Waals surface area contributed by atoms with Gasteiger partial charge in [0.05, 0.1) is 0 Å². The van der Waals surface area contributed by atoms with Crippen LogP contribution in [0, 0.1) is 5.92 Å². The molecule has 0 saturated heterocycles. The number of hydrogen-bond acceptors (Lipinski definition) is 4. The molecule has 0 unspecified atom stereocenters. The molecule has 0 aliphatic rings. The van der Waals surface area contributed by atoms with Crippen LogP contribution in [0.1, 0.15) is 49.5 Å². The summed E-state index contributed by atoms with van der Waals surface area (Å²) < 4.78 is 5.57. The van der Waals surface area contributed by atoms with Crippen LogP contribution in [0.2, 0.25) is 0 Å². The van der Waals surface area contributed by atoms with Gasteiger partial charge >= 0.3 is 0 Å². The highest BCUT2D eigenvalue weighted by Gasteiger charge is 2.12. The fraction of sp³-hybridized carbons (Fsp3) is 0.318. The molecule has 0 atom stereocenters. The van der Waals surface area contributed by atoms with Gasteiger partial charge in [-0.15, -0.1) is 0 Å². The molecule has 29 heavy (non-hydrogen) atoms. The first-order chi connectivity index (χ1) is 13.8. The van der Waals surface area contributed by atoms with Crippen LogP contribution in [0.5, 0.6) is 5.75 Å². The topological polar surface area (TPSA) is 96.5 Å². The van der Waals surface area contributed by atoms with E-state index in [0.29, 0.717) is 17.0 Å². The molecule has 7 nitrogen and oxygen atoms in total. The number of carbonyl (C=O) groups is 3. The molecular weight excluding hydrogens is 370 g/mol. The molecule has 3 amide bonds. The van der Waals surface area contributed by atoms with Crippen LogP contribution >= 0.6 is 0 Å². The summed E-state index contributed by atoms with van der Waals surface area (Å²) in [6.07, 6.45) is 0. The minimum Gasteiger partial charge on any atom is -0.483 e. The lowest BCUT2D eigenvalue weighted by atomic mass is 10.0. The highest BCUT2D eigenvalue weighted by Crippen LogP contribution is 2.25. The lowest BCUT2D eigenvalue weighted by Gasteiger charge is -2.14. The SMILES string of the molecule is CC(C)C(=O)Nc1ccc(C(=O)NNC(=O)COc2ccccc2C(C)C)cc1. The number of hydrazine groups is 1. The van der Waals surface area contributed by atoms with E-state index >= 15 is 0 Å². The monoisotopic (exact) mass is 397 g/mol. The molecule has 0 aliphatic heterocycles. The zero-order valence-electron chi connectivity index (χ0n) is 17.1. The number of rotatable bonds is 7. The second-order valence-electron chi connectivity index (χ2n) is 7.20. The molecule has 0 heterocycles. The second kappa shape index (κ2) is 10.3. The Kier molecular flexibility index (Phi) is 7.77. The van der Waals surface area contributed by atoms with Gasteiger partial charge in [-0.25, -0.2) is 0 Å². The zero-order chi connectivity index (χ0) is 21.4. The molecule has 2 rings (SSSR count). The lowest BCUT2D eigenvalue weighted by Crippen LogP contribution is -2.43. The fourth-order valence-electron chi connectivity index (χ4n) is 2.46. The summed E-state index contributed by atoms with van der Waals surface area (Å²) in [5.41, 5.74) is 6.63. The quantitative estimate of drug-likeness (QED) is 0.625. The van der Waals surface area contributed by atoms with Gasteiger partial charge < -0.3 is 10.1 Å². The summed E-state index contributed by atoms with van der Waals surface area (Å²) in [7, 11) is 0. The van der Waals surface area contributed by atoms with Crippen molar-refractivity contribution in [1.29, 1.82) is 0 Å². The normalized spacial score (nSPS) is 10.6. The van der Waals surface area contributed by atoms with E-state index in [4.69, 9.17) is 4.74 Å². The van der Waals surface area contributed by atoms with Crippen molar-refractivity contribution in [3.8, 4) is 5.75 Å². The van der Waals surface area contributed by atoms with Gasteiger partial charge in [0.15, 0.2) is 6.61 Å². The number of anilines is 1. The summed E-state index contributed by atoms with van der Waals surface area (Å²) in [6, 6.07) is 13.9. The Hall–Kier alpha value is -3.35. The number of nitrogens with one attached hydrogen (secondary N) is 3. The van der Waals surface area contributed by atoms with Crippen molar-refractivity contribution < 1.29 is 19.1 Å². The van der Waals surface area contributed by atoms with Crippen LogP contribution in [0.25, 0.3) is 0 Å². The Morgan fingerprint density at radius 1 is 0.897 bits per heavy atom. The number of hydrogen-bond donors (Lipinski definition) is 3. The Morgan fingerprint density at radius 3 is 2.17 bits per heavy atom. The number of ether oxygens (including phenoxy) is 1. The highest BCUT2D eigenvalue weighted by atomic mass is 16.5. The zero-order valence-corrected chi connectivity index (χ0v) is 17.1. The van der Waals surface area contributed by atoms with Crippen LogP contribution in [0.3, 0.4) is 0 Å². The highest BCUT2D eigenvalue weighted by molar-refractivity contribution is 5.97. The smallest absolute Gasteiger partial charge is 0.276 e. The summed E-state index contributed by atoms with van der Waals surface area (Å²) in [5, 5.41) is 2.75. The van der Waals surface area contributed by atoms with Gasteiger partial charge in [0.2, 0.25) is 5.91 Å². The number of para-hydroxylation sites is 1. The molecule has 2 aromatic carbocycles. The van der Waals surface area contributed by atoms with Gasteiger partial charge in [-0.05, 0) is 41.8 Å². The predicted molar refractivity (Wildman–Crippen MR) is 112 cm³/mol. The van der Waals surface area contributed by atoms with Crippen molar-refractivity contribution in [1.82, 2.24) is 10.9 Å². The first kappa shape index (κ1) is 21.9. The Morgan fingerprint density at radius 2 is 1.55 bits per heavy atom. The van der Waals surface area contributed by atoms with Gasteiger partial charge in [-0.3, -0.25) is 25.2 Å². The summed E-state index contributed by atoms with van der Waals surface area (Å²) in [4.78, 5) is 35.8. The fourth-order valence-corrected chi connectivity index (χ4v) is 2.46. The molecular formula is C22H27N3O4. The average Bonchev–Trinajstić information content (AvgIpc) is 2.71.